The summed E-state index contributed by atoms with van der Waals surface area (Å²) in [7, 11) is 0. The Bertz CT molecular complexity index is 1290. The maximum atomic E-state index is 13.6. The molecule has 1 N–H and O–H groups in total. The van der Waals surface area contributed by atoms with Crippen molar-refractivity contribution in [3.05, 3.63) is 102 Å². The van der Waals surface area contributed by atoms with Crippen molar-refractivity contribution in [2.24, 2.45) is 11.8 Å². The van der Waals surface area contributed by atoms with Gasteiger partial charge in [0.1, 0.15) is 19.1 Å². The molecule has 1 saturated carbocycles. The molecule has 3 aromatic rings. The van der Waals surface area contributed by atoms with Crippen LogP contribution in [0.1, 0.15) is 49.8 Å². The van der Waals surface area contributed by atoms with E-state index in [0.717, 1.165) is 29.9 Å². The summed E-state index contributed by atoms with van der Waals surface area (Å²) in [6.07, 6.45) is -0.364. The molecule has 0 aliphatic heterocycles. The van der Waals surface area contributed by atoms with Gasteiger partial charge in [0.05, 0.1) is 11.5 Å². The fourth-order valence-corrected chi connectivity index (χ4v) is 5.55. The van der Waals surface area contributed by atoms with E-state index in [9.17, 15) is 19.5 Å². The van der Waals surface area contributed by atoms with Crippen LogP contribution in [0, 0.1) is 11.8 Å². The van der Waals surface area contributed by atoms with Gasteiger partial charge in [-0.3, -0.25) is 14.4 Å². The third-order valence-electron chi connectivity index (χ3n) is 7.63. The number of esters is 2. The molecule has 0 aromatic heterocycles. The molecule has 4 atom stereocenters. The van der Waals surface area contributed by atoms with Gasteiger partial charge in [0, 0.05) is 31.1 Å². The van der Waals surface area contributed by atoms with Gasteiger partial charge in [0.15, 0.2) is 5.78 Å². The molecule has 7 heteroatoms. The molecule has 1 aliphatic rings. The van der Waals surface area contributed by atoms with Crippen molar-refractivity contribution in [3.8, 4) is 0 Å². The molecular formula is C33H37NO6. The van der Waals surface area contributed by atoms with Gasteiger partial charge in [-0.1, -0.05) is 72.8 Å². The Morgan fingerprint density at radius 1 is 0.825 bits per heavy atom. The maximum Gasteiger partial charge on any atom is 0.317 e. The van der Waals surface area contributed by atoms with Gasteiger partial charge >= 0.3 is 11.9 Å². The van der Waals surface area contributed by atoms with Gasteiger partial charge in [-0.2, -0.15) is 0 Å². The first-order valence-corrected chi connectivity index (χ1v) is 13.8. The minimum absolute atomic E-state index is 0.00339. The average Bonchev–Trinajstić information content (AvgIpc) is 2.96. The maximum absolute atomic E-state index is 13.6. The third-order valence-corrected chi connectivity index (χ3v) is 7.63. The van der Waals surface area contributed by atoms with Crippen LogP contribution in [0.25, 0.3) is 0 Å². The summed E-state index contributed by atoms with van der Waals surface area (Å²) in [5.41, 5.74) is 1.43. The first kappa shape index (κ1) is 29.0. The zero-order valence-electron chi connectivity index (χ0n) is 23.3. The molecule has 3 aromatic carbocycles. The number of hydrogen-bond acceptors (Lipinski definition) is 7. The Morgan fingerprint density at radius 3 is 1.82 bits per heavy atom. The molecule has 0 unspecified atom stereocenters. The number of carbonyl (C=O) groups is 3. The number of ether oxygens (including phenoxy) is 2. The van der Waals surface area contributed by atoms with E-state index in [1.54, 1.807) is 0 Å². The predicted octanol–water partition coefficient (Wildman–Crippen LogP) is 5.06. The summed E-state index contributed by atoms with van der Waals surface area (Å²) >= 11 is 0. The summed E-state index contributed by atoms with van der Waals surface area (Å²) in [5, 5.41) is 11.4. The van der Waals surface area contributed by atoms with Gasteiger partial charge in [-0.25, -0.2) is 0 Å². The topological polar surface area (TPSA) is 93.1 Å². The Labute approximate surface area is 235 Å². The molecule has 0 bridgehead atoms. The lowest BCUT2D eigenvalue weighted by molar-refractivity contribution is -0.174. The van der Waals surface area contributed by atoms with E-state index < -0.39 is 41.1 Å². The lowest BCUT2D eigenvalue weighted by atomic mass is 9.61. The van der Waals surface area contributed by atoms with Crippen LogP contribution in [0.5, 0.6) is 0 Å². The summed E-state index contributed by atoms with van der Waals surface area (Å²) < 4.78 is 11.3. The standard InChI is InChI=1S/C33H37NO6/c1-4-34(5-2)26-18-16-25(17-19-26)28-29(31(36)39-21-23-12-8-6-9-13-23)27(35)20-33(3,38)30(28)32(37)40-22-24-14-10-7-11-15-24/h6-19,28-30,38H,4-5,20-22H2,1-3H3/t28-,29-,30+,33-/m1/s1. The zero-order chi connectivity index (χ0) is 28.7. The number of nitrogens with zero attached hydrogens (tertiary/aromatic N) is 1. The van der Waals surface area contributed by atoms with E-state index in [-0.39, 0.29) is 19.6 Å². The second-order valence-electron chi connectivity index (χ2n) is 10.4. The first-order valence-electron chi connectivity index (χ1n) is 13.8. The molecule has 40 heavy (non-hydrogen) atoms. The lowest BCUT2D eigenvalue weighted by Gasteiger charge is -2.43. The second kappa shape index (κ2) is 12.9. The first-order chi connectivity index (χ1) is 19.2. The van der Waals surface area contributed by atoms with Gasteiger partial charge < -0.3 is 19.5 Å². The molecule has 0 saturated heterocycles. The molecule has 0 heterocycles. The largest absolute Gasteiger partial charge is 0.461 e. The number of ketones is 1. The van der Waals surface area contributed by atoms with E-state index in [0.29, 0.717) is 5.56 Å². The monoisotopic (exact) mass is 543 g/mol. The number of rotatable bonds is 10. The van der Waals surface area contributed by atoms with Crippen molar-refractivity contribution in [2.75, 3.05) is 18.0 Å². The molecule has 1 aliphatic carbocycles. The average molecular weight is 544 g/mol. The molecule has 1 fully saturated rings. The van der Waals surface area contributed by atoms with Crippen molar-refractivity contribution < 1.29 is 29.0 Å². The summed E-state index contributed by atoms with van der Waals surface area (Å²) in [5.74, 6) is -5.25. The minimum atomic E-state index is -1.72. The van der Waals surface area contributed by atoms with E-state index in [1.165, 1.54) is 6.92 Å². The Balaban J connectivity index is 1.69. The molecule has 210 valence electrons. The quantitative estimate of drug-likeness (QED) is 0.282. The SMILES string of the molecule is CCN(CC)c1ccc([C@@H]2[C@H](C(=O)OCc3ccccc3)C(=O)C[C@@](C)(O)[C@@H]2C(=O)OCc2ccccc2)cc1. The molecule has 4 rings (SSSR count). The van der Waals surface area contributed by atoms with E-state index in [1.807, 2.05) is 84.9 Å². The van der Waals surface area contributed by atoms with E-state index in [2.05, 4.69) is 18.7 Å². The minimum Gasteiger partial charge on any atom is -0.461 e. The smallest absolute Gasteiger partial charge is 0.317 e. The van der Waals surface area contributed by atoms with Gasteiger partial charge in [0.2, 0.25) is 0 Å². The number of aliphatic hydroxyl groups is 1. The highest BCUT2D eigenvalue weighted by Gasteiger charge is 2.57. The molecule has 7 nitrogen and oxygen atoms in total. The van der Waals surface area contributed by atoms with E-state index in [4.69, 9.17) is 9.47 Å². The van der Waals surface area contributed by atoms with Crippen LogP contribution < -0.4 is 4.90 Å². The lowest BCUT2D eigenvalue weighted by Crippen LogP contribution is -2.55. The normalized spacial score (nSPS) is 22.4. The Hall–Kier alpha value is -3.97. The van der Waals surface area contributed by atoms with Gasteiger partial charge in [-0.05, 0) is 49.6 Å². The number of Topliss-reactive ketones (excluding diaryl/α,β-unsaturated/α-hetero) is 1. The van der Waals surface area contributed by atoms with Crippen molar-refractivity contribution >= 4 is 23.4 Å². The molecule has 0 radical (unpaired) electrons. The summed E-state index contributed by atoms with van der Waals surface area (Å²) in [6, 6.07) is 25.9. The van der Waals surface area contributed by atoms with Crippen molar-refractivity contribution in [2.45, 2.75) is 51.9 Å². The molecule has 0 amide bonds. The zero-order valence-corrected chi connectivity index (χ0v) is 23.3. The fraction of sp³-hybridized carbons (Fsp3) is 0.364. The number of carbonyl (C=O) groups excluding carboxylic acids is 3. The van der Waals surface area contributed by atoms with Crippen molar-refractivity contribution in [1.29, 1.82) is 0 Å². The second-order valence-corrected chi connectivity index (χ2v) is 10.4. The Morgan fingerprint density at radius 2 is 1.32 bits per heavy atom. The Kier molecular flexibility index (Phi) is 9.38. The van der Waals surface area contributed by atoms with Crippen molar-refractivity contribution in [3.63, 3.8) is 0 Å². The van der Waals surface area contributed by atoms with Gasteiger partial charge in [-0.15, -0.1) is 0 Å². The van der Waals surface area contributed by atoms with Crippen LogP contribution >= 0.6 is 0 Å². The van der Waals surface area contributed by atoms with Crippen LogP contribution in [0.15, 0.2) is 84.9 Å². The van der Waals surface area contributed by atoms with Crippen LogP contribution in [0.4, 0.5) is 5.69 Å². The molecular weight excluding hydrogens is 506 g/mol. The summed E-state index contributed by atoms with van der Waals surface area (Å²) in [4.78, 5) is 42.8. The fourth-order valence-electron chi connectivity index (χ4n) is 5.55. The van der Waals surface area contributed by atoms with Crippen molar-refractivity contribution in [1.82, 2.24) is 0 Å². The summed E-state index contributed by atoms with van der Waals surface area (Å²) in [6.45, 7) is 7.22. The number of benzene rings is 3. The highest BCUT2D eigenvalue weighted by Crippen LogP contribution is 2.47. The van der Waals surface area contributed by atoms with Crippen LogP contribution in [0.3, 0.4) is 0 Å². The van der Waals surface area contributed by atoms with Crippen LogP contribution in [-0.2, 0) is 37.1 Å². The van der Waals surface area contributed by atoms with E-state index >= 15 is 0 Å². The molecule has 0 spiro atoms. The highest BCUT2D eigenvalue weighted by molar-refractivity contribution is 6.02. The number of hydrogen-bond donors (Lipinski definition) is 1. The number of anilines is 1. The predicted molar refractivity (Wildman–Crippen MR) is 152 cm³/mol. The highest BCUT2D eigenvalue weighted by atomic mass is 16.5. The van der Waals surface area contributed by atoms with Crippen LogP contribution in [0.2, 0.25) is 0 Å². The van der Waals surface area contributed by atoms with Crippen LogP contribution in [-0.4, -0.2) is 41.5 Å². The van der Waals surface area contributed by atoms with Gasteiger partial charge in [0.25, 0.3) is 0 Å². The third kappa shape index (κ3) is 6.59.